The first-order valence-corrected chi connectivity index (χ1v) is 9.91. The van der Waals surface area contributed by atoms with Crippen molar-refractivity contribution in [3.63, 3.8) is 0 Å². The second-order valence-corrected chi connectivity index (χ2v) is 7.96. The standard InChI is InChI=1S/C18H16ClN5O3S/c19-12-1-4-16(20-10-12)22-17(25)11-5-7-23(8-6-11)18-21-14-3-2-13(24(26)27)9-15(14)28-18/h1-4,9-11H,5-8H2,(H,20,22,25). The van der Waals surface area contributed by atoms with Crippen molar-refractivity contribution in [1.29, 1.82) is 0 Å². The highest BCUT2D eigenvalue weighted by atomic mass is 35.5. The molecule has 0 saturated carbocycles. The van der Waals surface area contributed by atoms with E-state index in [2.05, 4.69) is 20.2 Å². The van der Waals surface area contributed by atoms with Crippen molar-refractivity contribution < 1.29 is 9.72 Å². The second-order valence-electron chi connectivity index (χ2n) is 6.52. The molecule has 10 heteroatoms. The zero-order valence-corrected chi connectivity index (χ0v) is 16.2. The number of nitro groups is 1. The van der Waals surface area contributed by atoms with Gasteiger partial charge in [0.15, 0.2) is 5.13 Å². The monoisotopic (exact) mass is 417 g/mol. The van der Waals surface area contributed by atoms with Gasteiger partial charge in [0, 0.05) is 37.3 Å². The number of halogens is 1. The molecule has 1 amide bonds. The molecule has 0 radical (unpaired) electrons. The molecule has 0 bridgehead atoms. The average Bonchev–Trinajstić information content (AvgIpc) is 3.13. The van der Waals surface area contributed by atoms with Gasteiger partial charge in [-0.3, -0.25) is 14.9 Å². The molecule has 8 nitrogen and oxygen atoms in total. The normalized spacial score (nSPS) is 15.0. The summed E-state index contributed by atoms with van der Waals surface area (Å²) in [6.07, 6.45) is 2.90. The fraction of sp³-hybridized carbons (Fsp3) is 0.278. The second kappa shape index (κ2) is 7.69. The summed E-state index contributed by atoms with van der Waals surface area (Å²) in [5, 5.41) is 15.1. The first-order chi connectivity index (χ1) is 13.5. The summed E-state index contributed by atoms with van der Waals surface area (Å²) >= 11 is 7.24. The van der Waals surface area contributed by atoms with E-state index in [0.717, 1.165) is 15.3 Å². The Labute approximate surface area is 169 Å². The lowest BCUT2D eigenvalue weighted by Gasteiger charge is -2.30. The van der Waals surface area contributed by atoms with Crippen molar-refractivity contribution in [3.05, 3.63) is 51.7 Å². The van der Waals surface area contributed by atoms with Crippen molar-refractivity contribution in [2.24, 2.45) is 5.92 Å². The third-order valence-corrected chi connectivity index (χ3v) is 5.99. The van der Waals surface area contributed by atoms with Crippen molar-refractivity contribution in [1.82, 2.24) is 9.97 Å². The molecule has 0 atom stereocenters. The van der Waals surface area contributed by atoms with Crippen LogP contribution in [-0.2, 0) is 4.79 Å². The molecule has 1 saturated heterocycles. The molecule has 0 unspecified atom stereocenters. The van der Waals surface area contributed by atoms with Crippen LogP contribution in [0.2, 0.25) is 5.02 Å². The van der Waals surface area contributed by atoms with Crippen LogP contribution in [0.15, 0.2) is 36.5 Å². The summed E-state index contributed by atoms with van der Waals surface area (Å²) in [4.78, 5) is 33.8. The maximum Gasteiger partial charge on any atom is 0.270 e. The zero-order valence-electron chi connectivity index (χ0n) is 14.7. The highest BCUT2D eigenvalue weighted by Gasteiger charge is 2.27. The number of nitro benzene ring substituents is 1. The van der Waals surface area contributed by atoms with Crippen LogP contribution in [-0.4, -0.2) is 33.9 Å². The highest BCUT2D eigenvalue weighted by molar-refractivity contribution is 7.22. The predicted octanol–water partition coefficient (Wildman–Crippen LogP) is 4.11. The summed E-state index contributed by atoms with van der Waals surface area (Å²) in [6.45, 7) is 1.40. The Bertz CT molecular complexity index is 1030. The molecule has 0 aliphatic carbocycles. The fourth-order valence-electron chi connectivity index (χ4n) is 3.16. The van der Waals surface area contributed by atoms with E-state index in [-0.39, 0.29) is 17.5 Å². The third kappa shape index (κ3) is 3.90. The van der Waals surface area contributed by atoms with Crippen LogP contribution in [0.25, 0.3) is 10.2 Å². The Kier molecular flexibility index (Phi) is 5.10. The van der Waals surface area contributed by atoms with E-state index in [1.165, 1.54) is 23.6 Å². The molecular weight excluding hydrogens is 402 g/mol. The lowest BCUT2D eigenvalue weighted by Crippen LogP contribution is -2.38. The number of nitrogens with zero attached hydrogens (tertiary/aromatic N) is 4. The molecular formula is C18H16ClN5O3S. The van der Waals surface area contributed by atoms with E-state index in [0.29, 0.717) is 36.8 Å². The molecule has 1 aromatic carbocycles. The first kappa shape index (κ1) is 18.6. The molecule has 4 rings (SSSR count). The molecule has 1 aliphatic heterocycles. The molecule has 144 valence electrons. The number of thiazole rings is 1. The van der Waals surface area contributed by atoms with Gasteiger partial charge in [-0.15, -0.1) is 0 Å². The number of carbonyl (C=O) groups excluding carboxylic acids is 1. The Hall–Kier alpha value is -2.78. The number of nitrogens with one attached hydrogen (secondary N) is 1. The van der Waals surface area contributed by atoms with Gasteiger partial charge in [0.25, 0.3) is 5.69 Å². The lowest BCUT2D eigenvalue weighted by atomic mass is 9.96. The number of amides is 1. The maximum atomic E-state index is 12.5. The van der Waals surface area contributed by atoms with E-state index in [4.69, 9.17) is 11.6 Å². The maximum absolute atomic E-state index is 12.5. The van der Waals surface area contributed by atoms with E-state index in [1.807, 2.05) is 0 Å². The predicted molar refractivity (Wildman–Crippen MR) is 109 cm³/mol. The fourth-order valence-corrected chi connectivity index (χ4v) is 4.32. The molecule has 0 spiro atoms. The number of benzene rings is 1. The largest absolute Gasteiger partial charge is 0.348 e. The molecule has 1 fully saturated rings. The number of pyridine rings is 1. The minimum Gasteiger partial charge on any atom is -0.348 e. The zero-order chi connectivity index (χ0) is 19.7. The van der Waals surface area contributed by atoms with Crippen LogP contribution in [0.3, 0.4) is 0 Å². The number of non-ortho nitro benzene ring substituents is 1. The summed E-state index contributed by atoms with van der Waals surface area (Å²) < 4.78 is 0.790. The van der Waals surface area contributed by atoms with Crippen LogP contribution in [0.1, 0.15) is 12.8 Å². The van der Waals surface area contributed by atoms with E-state index in [1.54, 1.807) is 24.3 Å². The van der Waals surface area contributed by atoms with Gasteiger partial charge in [-0.1, -0.05) is 22.9 Å². The Balaban J connectivity index is 1.39. The van der Waals surface area contributed by atoms with Gasteiger partial charge < -0.3 is 10.2 Å². The van der Waals surface area contributed by atoms with Gasteiger partial charge in [0.05, 0.1) is 20.2 Å². The third-order valence-electron chi connectivity index (χ3n) is 4.69. The van der Waals surface area contributed by atoms with Crippen molar-refractivity contribution >= 4 is 55.7 Å². The number of hydrogen-bond acceptors (Lipinski definition) is 7. The van der Waals surface area contributed by atoms with Crippen LogP contribution >= 0.6 is 22.9 Å². The van der Waals surface area contributed by atoms with E-state index >= 15 is 0 Å². The minimum absolute atomic E-state index is 0.0469. The van der Waals surface area contributed by atoms with Crippen LogP contribution in [0, 0.1) is 16.0 Å². The molecule has 28 heavy (non-hydrogen) atoms. The van der Waals surface area contributed by atoms with Crippen molar-refractivity contribution in [2.45, 2.75) is 12.8 Å². The number of fused-ring (bicyclic) bond motifs is 1. The lowest BCUT2D eigenvalue weighted by molar-refractivity contribution is -0.384. The number of aromatic nitrogens is 2. The quantitative estimate of drug-likeness (QED) is 0.506. The molecule has 3 aromatic rings. The molecule has 2 aromatic heterocycles. The molecule has 1 N–H and O–H groups in total. The number of carbonyl (C=O) groups is 1. The number of hydrogen-bond donors (Lipinski definition) is 1. The van der Waals surface area contributed by atoms with Crippen molar-refractivity contribution in [3.8, 4) is 0 Å². The van der Waals surface area contributed by atoms with Gasteiger partial charge in [-0.05, 0) is 31.0 Å². The van der Waals surface area contributed by atoms with E-state index in [9.17, 15) is 14.9 Å². The smallest absolute Gasteiger partial charge is 0.270 e. The summed E-state index contributed by atoms with van der Waals surface area (Å²) in [7, 11) is 0. The van der Waals surface area contributed by atoms with Gasteiger partial charge in [0.1, 0.15) is 5.82 Å². The van der Waals surface area contributed by atoms with E-state index < -0.39 is 4.92 Å². The summed E-state index contributed by atoms with van der Waals surface area (Å²) in [5.74, 6) is 0.350. The van der Waals surface area contributed by atoms with Gasteiger partial charge in [0.2, 0.25) is 5.91 Å². The SMILES string of the molecule is O=C(Nc1ccc(Cl)cn1)C1CCN(c2nc3ccc([N+](=O)[O-])cc3s2)CC1. The topological polar surface area (TPSA) is 101 Å². The summed E-state index contributed by atoms with van der Waals surface area (Å²) in [6, 6.07) is 8.05. The van der Waals surface area contributed by atoms with Crippen LogP contribution < -0.4 is 10.2 Å². The van der Waals surface area contributed by atoms with Crippen LogP contribution in [0.5, 0.6) is 0 Å². The Morgan fingerprint density at radius 3 is 2.75 bits per heavy atom. The Morgan fingerprint density at radius 1 is 1.29 bits per heavy atom. The number of rotatable bonds is 4. The van der Waals surface area contributed by atoms with Crippen molar-refractivity contribution in [2.75, 3.05) is 23.3 Å². The summed E-state index contributed by atoms with van der Waals surface area (Å²) in [5.41, 5.74) is 0.813. The highest BCUT2D eigenvalue weighted by Crippen LogP contribution is 2.33. The van der Waals surface area contributed by atoms with Gasteiger partial charge in [-0.2, -0.15) is 0 Å². The minimum atomic E-state index is -0.404. The molecule has 1 aliphatic rings. The number of anilines is 2. The number of piperidine rings is 1. The first-order valence-electron chi connectivity index (χ1n) is 8.72. The average molecular weight is 418 g/mol. The van der Waals surface area contributed by atoms with Gasteiger partial charge in [-0.25, -0.2) is 9.97 Å². The Morgan fingerprint density at radius 2 is 2.07 bits per heavy atom. The van der Waals surface area contributed by atoms with Gasteiger partial charge >= 0.3 is 0 Å². The van der Waals surface area contributed by atoms with Crippen LogP contribution in [0.4, 0.5) is 16.6 Å². The molecule has 3 heterocycles.